The number of esters is 1. The quantitative estimate of drug-likeness (QED) is 0.547. The number of nitrogens with one attached hydrogen (secondary N) is 1. The first-order valence-corrected chi connectivity index (χ1v) is 11.3. The van der Waals surface area contributed by atoms with E-state index < -0.39 is 5.97 Å². The van der Waals surface area contributed by atoms with Gasteiger partial charge in [-0.1, -0.05) is 48.5 Å². The van der Waals surface area contributed by atoms with E-state index in [4.69, 9.17) is 4.74 Å². The van der Waals surface area contributed by atoms with E-state index in [0.29, 0.717) is 23.4 Å². The average Bonchev–Trinajstić information content (AvgIpc) is 2.86. The Kier molecular flexibility index (Phi) is 7.37. The summed E-state index contributed by atoms with van der Waals surface area (Å²) >= 11 is 0. The van der Waals surface area contributed by atoms with Crippen LogP contribution in [-0.4, -0.2) is 49.6 Å². The molecule has 33 heavy (non-hydrogen) atoms. The van der Waals surface area contributed by atoms with E-state index in [2.05, 4.69) is 39.4 Å². The summed E-state index contributed by atoms with van der Waals surface area (Å²) in [6.45, 7) is 6.50. The molecule has 0 aliphatic carbocycles. The lowest BCUT2D eigenvalue weighted by atomic mass is 10.1. The monoisotopic (exact) mass is 443 g/mol. The van der Waals surface area contributed by atoms with Gasteiger partial charge in [0.05, 0.1) is 23.5 Å². The summed E-state index contributed by atoms with van der Waals surface area (Å²) in [5, 5.41) is 3.01. The van der Waals surface area contributed by atoms with Crippen LogP contribution in [0.15, 0.2) is 78.9 Å². The molecule has 170 valence electrons. The minimum absolute atomic E-state index is 0.208. The molecule has 3 aromatic rings. The van der Waals surface area contributed by atoms with Crippen LogP contribution in [0.25, 0.3) is 0 Å². The second kappa shape index (κ2) is 10.8. The molecule has 3 aromatic carbocycles. The molecule has 1 saturated heterocycles. The van der Waals surface area contributed by atoms with E-state index in [1.54, 1.807) is 31.2 Å². The highest BCUT2D eigenvalue weighted by atomic mass is 16.5. The first-order valence-electron chi connectivity index (χ1n) is 11.3. The van der Waals surface area contributed by atoms with Crippen molar-refractivity contribution >= 4 is 23.3 Å². The van der Waals surface area contributed by atoms with Crippen molar-refractivity contribution in [3.8, 4) is 0 Å². The van der Waals surface area contributed by atoms with Crippen LogP contribution in [0, 0.1) is 0 Å². The Balaban J connectivity index is 1.51. The number of piperazine rings is 1. The number of benzene rings is 3. The molecule has 0 unspecified atom stereocenters. The fourth-order valence-electron chi connectivity index (χ4n) is 4.03. The van der Waals surface area contributed by atoms with Crippen LogP contribution in [0.5, 0.6) is 0 Å². The summed E-state index contributed by atoms with van der Waals surface area (Å²) < 4.78 is 5.16. The molecule has 0 spiro atoms. The van der Waals surface area contributed by atoms with Crippen LogP contribution in [0.4, 0.5) is 11.4 Å². The van der Waals surface area contributed by atoms with E-state index >= 15 is 0 Å². The van der Waals surface area contributed by atoms with Crippen molar-refractivity contribution in [3.05, 3.63) is 95.6 Å². The van der Waals surface area contributed by atoms with Crippen molar-refractivity contribution in [2.24, 2.45) is 0 Å². The third-order valence-electron chi connectivity index (χ3n) is 5.75. The number of carbonyl (C=O) groups is 2. The van der Waals surface area contributed by atoms with Crippen molar-refractivity contribution in [1.82, 2.24) is 4.90 Å². The Morgan fingerprint density at radius 1 is 0.848 bits per heavy atom. The molecule has 1 N–H and O–H groups in total. The Morgan fingerprint density at radius 3 is 2.18 bits per heavy atom. The van der Waals surface area contributed by atoms with Gasteiger partial charge in [-0.25, -0.2) is 4.79 Å². The lowest BCUT2D eigenvalue weighted by Gasteiger charge is -2.37. The van der Waals surface area contributed by atoms with Gasteiger partial charge in [0, 0.05) is 38.3 Å². The van der Waals surface area contributed by atoms with Gasteiger partial charge in [-0.3, -0.25) is 9.69 Å². The molecule has 0 atom stereocenters. The highest BCUT2D eigenvalue weighted by molar-refractivity contribution is 6.06. The van der Waals surface area contributed by atoms with E-state index in [1.807, 2.05) is 30.3 Å². The number of nitrogens with zero attached hydrogens (tertiary/aromatic N) is 2. The molecule has 1 heterocycles. The fourth-order valence-corrected chi connectivity index (χ4v) is 4.03. The van der Waals surface area contributed by atoms with Gasteiger partial charge in [0.15, 0.2) is 0 Å². The standard InChI is InChI=1S/C27H29N3O3/c1-2-33-27(32)23-13-14-25(24(19-23)28-26(31)22-11-7-4-8-12-22)30-17-15-29(16-18-30)20-21-9-5-3-6-10-21/h3-14,19H,2,15-18,20H2,1H3,(H,28,31). The van der Waals surface area contributed by atoms with Crippen LogP contribution >= 0.6 is 0 Å². The summed E-state index contributed by atoms with van der Waals surface area (Å²) in [6, 6.07) is 24.9. The van der Waals surface area contributed by atoms with Gasteiger partial charge < -0.3 is 15.0 Å². The molecule has 6 heteroatoms. The Labute approximate surface area is 194 Å². The van der Waals surface area contributed by atoms with Gasteiger partial charge in [0.25, 0.3) is 5.91 Å². The van der Waals surface area contributed by atoms with Crippen LogP contribution in [-0.2, 0) is 11.3 Å². The highest BCUT2D eigenvalue weighted by Crippen LogP contribution is 2.29. The summed E-state index contributed by atoms with van der Waals surface area (Å²) in [5.74, 6) is -0.604. The lowest BCUT2D eigenvalue weighted by molar-refractivity contribution is 0.0526. The minimum atomic E-state index is -0.396. The van der Waals surface area contributed by atoms with Gasteiger partial charge in [-0.15, -0.1) is 0 Å². The molecule has 6 nitrogen and oxygen atoms in total. The van der Waals surface area contributed by atoms with Gasteiger partial charge in [-0.05, 0) is 42.8 Å². The number of rotatable bonds is 7. The summed E-state index contributed by atoms with van der Waals surface area (Å²) in [7, 11) is 0. The number of ether oxygens (including phenoxy) is 1. The van der Waals surface area contributed by atoms with Crippen molar-refractivity contribution in [1.29, 1.82) is 0 Å². The number of hydrogen-bond acceptors (Lipinski definition) is 5. The summed E-state index contributed by atoms with van der Waals surface area (Å²) in [6.07, 6.45) is 0. The molecule has 0 radical (unpaired) electrons. The second-order valence-corrected chi connectivity index (χ2v) is 8.02. The molecule has 1 aliphatic heterocycles. The second-order valence-electron chi connectivity index (χ2n) is 8.02. The fraction of sp³-hybridized carbons (Fsp3) is 0.259. The third-order valence-corrected chi connectivity index (χ3v) is 5.75. The zero-order chi connectivity index (χ0) is 23.0. The van der Waals surface area contributed by atoms with Crippen LogP contribution in [0.1, 0.15) is 33.2 Å². The maximum Gasteiger partial charge on any atom is 0.338 e. The van der Waals surface area contributed by atoms with Crippen molar-refractivity contribution in [2.75, 3.05) is 43.0 Å². The smallest absolute Gasteiger partial charge is 0.338 e. The molecule has 1 amide bonds. The van der Waals surface area contributed by atoms with Crippen molar-refractivity contribution < 1.29 is 14.3 Å². The van der Waals surface area contributed by atoms with Gasteiger partial charge >= 0.3 is 5.97 Å². The largest absolute Gasteiger partial charge is 0.462 e. The normalized spacial score (nSPS) is 14.0. The van der Waals surface area contributed by atoms with Gasteiger partial charge in [0.1, 0.15) is 0 Å². The van der Waals surface area contributed by atoms with Gasteiger partial charge in [0.2, 0.25) is 0 Å². The maximum absolute atomic E-state index is 12.9. The average molecular weight is 444 g/mol. The summed E-state index contributed by atoms with van der Waals surface area (Å²) in [4.78, 5) is 29.9. The highest BCUT2D eigenvalue weighted by Gasteiger charge is 2.22. The molecule has 1 aliphatic rings. The van der Waals surface area contributed by atoms with Crippen LogP contribution < -0.4 is 10.2 Å². The zero-order valence-corrected chi connectivity index (χ0v) is 18.9. The SMILES string of the molecule is CCOC(=O)c1ccc(N2CCN(Cc3ccccc3)CC2)c(NC(=O)c2ccccc2)c1. The number of amides is 1. The Morgan fingerprint density at radius 2 is 1.52 bits per heavy atom. The number of hydrogen-bond donors (Lipinski definition) is 1. The molecule has 0 bridgehead atoms. The van der Waals surface area contributed by atoms with Gasteiger partial charge in [-0.2, -0.15) is 0 Å². The first kappa shape index (κ1) is 22.6. The Hall–Kier alpha value is -3.64. The van der Waals surface area contributed by atoms with E-state index in [-0.39, 0.29) is 5.91 Å². The van der Waals surface area contributed by atoms with Crippen molar-refractivity contribution in [3.63, 3.8) is 0 Å². The molecule has 4 rings (SSSR count). The third kappa shape index (κ3) is 5.79. The number of carbonyl (C=O) groups excluding carboxylic acids is 2. The molecule has 0 saturated carbocycles. The predicted octanol–water partition coefficient (Wildman–Crippen LogP) is 4.44. The van der Waals surface area contributed by atoms with E-state index in [9.17, 15) is 9.59 Å². The summed E-state index contributed by atoms with van der Waals surface area (Å²) in [5.41, 5.74) is 3.82. The maximum atomic E-state index is 12.9. The zero-order valence-electron chi connectivity index (χ0n) is 18.9. The predicted molar refractivity (Wildman–Crippen MR) is 131 cm³/mol. The molecular formula is C27H29N3O3. The lowest BCUT2D eigenvalue weighted by Crippen LogP contribution is -2.46. The van der Waals surface area contributed by atoms with Crippen LogP contribution in [0.2, 0.25) is 0 Å². The Bertz CT molecular complexity index is 1080. The van der Waals surface area contributed by atoms with E-state index in [1.165, 1.54) is 5.56 Å². The molecular weight excluding hydrogens is 414 g/mol. The number of anilines is 2. The molecule has 0 aromatic heterocycles. The molecule has 1 fully saturated rings. The first-order chi connectivity index (χ1) is 16.1. The topological polar surface area (TPSA) is 61.9 Å². The van der Waals surface area contributed by atoms with Crippen LogP contribution in [0.3, 0.4) is 0 Å². The van der Waals surface area contributed by atoms with Crippen molar-refractivity contribution in [2.45, 2.75) is 13.5 Å². The minimum Gasteiger partial charge on any atom is -0.462 e. The van der Waals surface area contributed by atoms with E-state index in [0.717, 1.165) is 38.4 Å².